The summed E-state index contributed by atoms with van der Waals surface area (Å²) < 4.78 is 0. The van der Waals surface area contributed by atoms with E-state index in [0.717, 1.165) is 19.3 Å². The van der Waals surface area contributed by atoms with Crippen LogP contribution in [-0.2, 0) is 5.11 Å². The molecule has 0 atom stereocenters. The Labute approximate surface area is 81.2 Å². The summed E-state index contributed by atoms with van der Waals surface area (Å²) in [5.41, 5.74) is 0. The molecule has 0 saturated heterocycles. The van der Waals surface area contributed by atoms with Gasteiger partial charge in [-0.3, -0.25) is 0 Å². The van der Waals surface area contributed by atoms with Crippen LogP contribution < -0.4 is 0 Å². The largest absolute Gasteiger partial charge is 0.237 e. The molecule has 0 aromatic rings. The molecule has 71 valence electrons. The van der Waals surface area contributed by atoms with Gasteiger partial charge in [-0.05, 0) is 24.6 Å². The first-order valence-electron chi connectivity index (χ1n) is 4.93. The third-order valence-corrected chi connectivity index (χ3v) is 2.20. The Morgan fingerprint density at radius 3 is 1.83 bits per heavy atom. The molecule has 0 amide bonds. The van der Waals surface area contributed by atoms with E-state index in [9.17, 15) is 5.11 Å². The van der Waals surface area contributed by atoms with Gasteiger partial charge in [0.05, 0.1) is 6.61 Å². The van der Waals surface area contributed by atoms with Crippen molar-refractivity contribution in [1.29, 1.82) is 0 Å². The smallest absolute Gasteiger partial charge is 0.0822 e. The molecule has 1 nitrogen and oxygen atoms in total. The topological polar surface area (TPSA) is 19.9 Å². The van der Waals surface area contributed by atoms with Crippen molar-refractivity contribution in [2.75, 3.05) is 6.61 Å². The van der Waals surface area contributed by atoms with Crippen molar-refractivity contribution in [3.05, 3.63) is 0 Å². The van der Waals surface area contributed by atoms with Gasteiger partial charge < -0.3 is 0 Å². The third kappa shape index (κ3) is 10.0. The van der Waals surface area contributed by atoms with E-state index in [0.29, 0.717) is 0 Å². The Bertz CT molecular complexity index is 93.8. The number of rotatable bonds is 9. The van der Waals surface area contributed by atoms with Crippen LogP contribution >= 0.6 is 12.2 Å². The lowest BCUT2D eigenvalue weighted by atomic mass is 10.1. The molecule has 1 radical (unpaired) electrons. The first kappa shape index (κ1) is 12.0. The van der Waals surface area contributed by atoms with E-state index in [1.54, 1.807) is 0 Å². The van der Waals surface area contributed by atoms with Gasteiger partial charge in [0.2, 0.25) is 0 Å². The zero-order valence-electron chi connectivity index (χ0n) is 7.76. The fourth-order valence-corrected chi connectivity index (χ4v) is 1.38. The molecular weight excluding hydrogens is 168 g/mol. The number of unbranched alkanes of at least 4 members (excludes halogenated alkanes) is 7. The summed E-state index contributed by atoms with van der Waals surface area (Å²) >= 11 is 4.73. The molecule has 0 saturated carbocycles. The molecule has 0 rings (SSSR count). The van der Waals surface area contributed by atoms with Gasteiger partial charge in [0.25, 0.3) is 0 Å². The Morgan fingerprint density at radius 2 is 1.33 bits per heavy atom. The molecule has 0 aromatic heterocycles. The summed E-state index contributed by atoms with van der Waals surface area (Å²) in [4.78, 5) is 0. The first-order valence-corrected chi connectivity index (χ1v) is 5.40. The molecule has 12 heavy (non-hydrogen) atoms. The average molecular weight is 187 g/mol. The summed E-state index contributed by atoms with van der Waals surface area (Å²) in [6, 6.07) is 0. The Hall–Kier alpha value is 0.0500. The highest BCUT2D eigenvalue weighted by Gasteiger charge is 1.90. The lowest BCUT2D eigenvalue weighted by Crippen LogP contribution is -1.83. The second kappa shape index (κ2) is 11.1. The Kier molecular flexibility index (Phi) is 11.1. The molecule has 0 unspecified atom stereocenters. The second-order valence-corrected chi connectivity index (χ2v) is 3.47. The molecule has 2 heteroatoms. The van der Waals surface area contributed by atoms with Crippen molar-refractivity contribution >= 4 is 17.6 Å². The van der Waals surface area contributed by atoms with Crippen LogP contribution in [0, 0.1) is 0 Å². The molecule has 0 aliphatic heterocycles. The van der Waals surface area contributed by atoms with E-state index in [1.165, 1.54) is 32.1 Å². The summed E-state index contributed by atoms with van der Waals surface area (Å²) in [5.74, 6) is 0. The van der Waals surface area contributed by atoms with Gasteiger partial charge in [-0.2, -0.15) is 0 Å². The van der Waals surface area contributed by atoms with Gasteiger partial charge >= 0.3 is 0 Å². The van der Waals surface area contributed by atoms with E-state index >= 15 is 0 Å². The van der Waals surface area contributed by atoms with Crippen LogP contribution in [0.4, 0.5) is 0 Å². The highest BCUT2D eigenvalue weighted by molar-refractivity contribution is 7.78. The molecule has 0 aliphatic rings. The minimum absolute atomic E-state index is 0.102. The highest BCUT2D eigenvalue weighted by atomic mass is 32.1. The molecule has 0 bridgehead atoms. The molecule has 0 heterocycles. The van der Waals surface area contributed by atoms with Crippen LogP contribution in [0.5, 0.6) is 0 Å². The fraction of sp³-hybridized carbons (Fsp3) is 0.900. The van der Waals surface area contributed by atoms with Crippen molar-refractivity contribution in [2.45, 2.75) is 51.4 Å². The van der Waals surface area contributed by atoms with E-state index < -0.39 is 0 Å². The van der Waals surface area contributed by atoms with Crippen molar-refractivity contribution < 1.29 is 5.11 Å². The summed E-state index contributed by atoms with van der Waals surface area (Å²) in [5, 5.41) is 11.9. The molecule has 0 aliphatic carbocycles. The zero-order valence-corrected chi connectivity index (χ0v) is 8.57. The predicted octanol–water partition coefficient (Wildman–Crippen LogP) is 3.54. The maximum absolute atomic E-state index is 10.1. The van der Waals surface area contributed by atoms with Crippen LogP contribution in [0.1, 0.15) is 51.4 Å². The normalized spacial score (nSPS) is 10.1. The van der Waals surface area contributed by atoms with Crippen molar-refractivity contribution in [2.24, 2.45) is 0 Å². The van der Waals surface area contributed by atoms with Gasteiger partial charge in [-0.1, -0.05) is 44.3 Å². The number of hydrogen-bond donors (Lipinski definition) is 0. The van der Waals surface area contributed by atoms with Crippen LogP contribution in [0.3, 0.4) is 0 Å². The quantitative estimate of drug-likeness (QED) is 0.399. The second-order valence-electron chi connectivity index (χ2n) is 3.13. The number of hydrogen-bond acceptors (Lipinski definition) is 1. The molecule has 0 spiro atoms. The van der Waals surface area contributed by atoms with Gasteiger partial charge in [-0.25, -0.2) is 5.11 Å². The fourth-order valence-electron chi connectivity index (χ4n) is 1.21. The van der Waals surface area contributed by atoms with Gasteiger partial charge in [0.1, 0.15) is 0 Å². The third-order valence-electron chi connectivity index (χ3n) is 1.97. The van der Waals surface area contributed by atoms with Crippen LogP contribution in [0.2, 0.25) is 0 Å². The summed E-state index contributed by atoms with van der Waals surface area (Å²) in [6.45, 7) is 0.102. The van der Waals surface area contributed by atoms with Gasteiger partial charge in [0.15, 0.2) is 0 Å². The molecule has 0 N–H and O–H groups in total. The molecular formula is C10H19OS. The monoisotopic (exact) mass is 187 g/mol. The van der Waals surface area contributed by atoms with Crippen molar-refractivity contribution in [1.82, 2.24) is 0 Å². The van der Waals surface area contributed by atoms with Crippen LogP contribution in [0.25, 0.3) is 0 Å². The van der Waals surface area contributed by atoms with Gasteiger partial charge in [-0.15, -0.1) is 0 Å². The Morgan fingerprint density at radius 1 is 0.833 bits per heavy atom. The maximum atomic E-state index is 10.1. The standard InChI is InChI=1S/C10H19OS/c11-9-7-5-3-1-2-4-6-8-10-12/h10H,1-9H2. The summed E-state index contributed by atoms with van der Waals surface area (Å²) in [6.07, 6.45) is 9.43. The molecule has 0 aromatic carbocycles. The van der Waals surface area contributed by atoms with Crippen LogP contribution in [-0.4, -0.2) is 12.0 Å². The Balaban J connectivity index is 2.77. The number of thiocarbonyl (C=S) groups is 1. The highest BCUT2D eigenvalue weighted by Crippen LogP contribution is 2.07. The lowest BCUT2D eigenvalue weighted by molar-refractivity contribution is 0.186. The predicted molar refractivity (Wildman–Crippen MR) is 56.1 cm³/mol. The average Bonchev–Trinajstić information content (AvgIpc) is 2.10. The SMILES string of the molecule is [O]CCCCCCCCCC=S. The van der Waals surface area contributed by atoms with E-state index in [1.807, 2.05) is 5.37 Å². The van der Waals surface area contributed by atoms with E-state index in [4.69, 9.17) is 12.2 Å². The molecule has 0 fully saturated rings. The first-order chi connectivity index (χ1) is 5.91. The van der Waals surface area contributed by atoms with Crippen molar-refractivity contribution in [3.8, 4) is 0 Å². The van der Waals surface area contributed by atoms with E-state index in [2.05, 4.69) is 0 Å². The van der Waals surface area contributed by atoms with Crippen LogP contribution in [0.15, 0.2) is 0 Å². The van der Waals surface area contributed by atoms with Crippen molar-refractivity contribution in [3.63, 3.8) is 0 Å². The zero-order chi connectivity index (χ0) is 9.07. The summed E-state index contributed by atoms with van der Waals surface area (Å²) in [7, 11) is 0. The minimum atomic E-state index is 0.102. The lowest BCUT2D eigenvalue weighted by Gasteiger charge is -1.98. The van der Waals surface area contributed by atoms with Gasteiger partial charge in [0, 0.05) is 0 Å². The minimum Gasteiger partial charge on any atom is -0.237 e. The van der Waals surface area contributed by atoms with E-state index in [-0.39, 0.29) is 6.61 Å². The maximum Gasteiger partial charge on any atom is 0.0822 e.